The molecule has 1 fully saturated rings. The van der Waals surface area contributed by atoms with Gasteiger partial charge in [0.1, 0.15) is 5.75 Å². The Bertz CT molecular complexity index is 852. The molecule has 0 bridgehead atoms. The van der Waals surface area contributed by atoms with Crippen molar-refractivity contribution in [3.05, 3.63) is 60.2 Å². The fourth-order valence-electron chi connectivity index (χ4n) is 3.31. The van der Waals surface area contributed by atoms with Crippen LogP contribution in [0.3, 0.4) is 0 Å². The molecule has 168 valence electrons. The van der Waals surface area contributed by atoms with Crippen molar-refractivity contribution in [1.29, 1.82) is 0 Å². The van der Waals surface area contributed by atoms with E-state index in [1.165, 1.54) is 0 Å². The van der Waals surface area contributed by atoms with Gasteiger partial charge in [-0.25, -0.2) is 4.99 Å². The van der Waals surface area contributed by atoms with Gasteiger partial charge in [0.15, 0.2) is 5.96 Å². The van der Waals surface area contributed by atoms with Crippen LogP contribution in [-0.4, -0.2) is 75.6 Å². The van der Waals surface area contributed by atoms with Crippen molar-refractivity contribution in [3.8, 4) is 5.75 Å². The number of methoxy groups -OCH3 is 1. The molecule has 1 saturated heterocycles. The zero-order chi connectivity index (χ0) is 21.3. The number of aliphatic imine (C=N–C) groups is 1. The number of amides is 1. The number of carbonyl (C=O) groups excluding carboxylic acids is 1. The van der Waals surface area contributed by atoms with E-state index in [9.17, 15) is 4.79 Å². The highest BCUT2D eigenvalue weighted by Crippen LogP contribution is 2.22. The molecule has 2 aromatic rings. The first-order valence-corrected chi connectivity index (χ1v) is 10.2. The smallest absolute Gasteiger partial charge is 0.241 e. The summed E-state index contributed by atoms with van der Waals surface area (Å²) in [5.74, 6) is 1.67. The molecule has 0 spiro atoms. The molecular weight excluding hydrogens is 505 g/mol. The van der Waals surface area contributed by atoms with Crippen molar-refractivity contribution in [3.63, 3.8) is 0 Å². The van der Waals surface area contributed by atoms with E-state index in [1.807, 2.05) is 30.3 Å². The molecule has 1 amide bonds. The second kappa shape index (κ2) is 12.4. The van der Waals surface area contributed by atoms with Gasteiger partial charge in [-0.05, 0) is 17.7 Å². The molecule has 3 rings (SSSR count). The lowest BCUT2D eigenvalue weighted by molar-refractivity contribution is -0.127. The number of nitrogens with zero attached hydrogens (tertiary/aromatic N) is 4. The van der Waals surface area contributed by atoms with Crippen LogP contribution in [0, 0.1) is 0 Å². The molecule has 0 radical (unpaired) electrons. The van der Waals surface area contributed by atoms with E-state index in [0.29, 0.717) is 6.54 Å². The monoisotopic (exact) mass is 537 g/mol. The Morgan fingerprint density at radius 1 is 1.06 bits per heavy atom. The number of halogens is 1. The standard InChI is InChI=1S/C23H31N5O2.HI/c1-26(2)22(29)18-25-23(24-17-19-8-5-4-6-9-19)28-14-12-27(13-15-28)20-10-7-11-21(16-20)30-3;/h4-11,16H,12-15,17-18H2,1-3H3,(H,24,25);1H. The highest BCUT2D eigenvalue weighted by Gasteiger charge is 2.21. The van der Waals surface area contributed by atoms with Crippen molar-refractivity contribution in [1.82, 2.24) is 15.1 Å². The van der Waals surface area contributed by atoms with E-state index in [2.05, 4.69) is 39.4 Å². The second-order valence-corrected chi connectivity index (χ2v) is 7.44. The molecule has 0 saturated carbocycles. The maximum absolute atomic E-state index is 12.1. The molecule has 1 aliphatic rings. The Labute approximate surface area is 202 Å². The quantitative estimate of drug-likeness (QED) is 0.349. The average Bonchev–Trinajstić information content (AvgIpc) is 2.79. The fourth-order valence-corrected chi connectivity index (χ4v) is 3.31. The number of benzene rings is 2. The van der Waals surface area contributed by atoms with E-state index < -0.39 is 0 Å². The summed E-state index contributed by atoms with van der Waals surface area (Å²) in [5.41, 5.74) is 2.30. The van der Waals surface area contributed by atoms with Crippen LogP contribution in [0.15, 0.2) is 59.6 Å². The number of anilines is 1. The first kappa shape index (κ1) is 24.8. The zero-order valence-electron chi connectivity index (χ0n) is 18.5. The van der Waals surface area contributed by atoms with E-state index in [-0.39, 0.29) is 36.4 Å². The predicted octanol–water partition coefficient (Wildman–Crippen LogP) is 2.67. The number of nitrogens with one attached hydrogen (secondary N) is 1. The van der Waals surface area contributed by atoms with Gasteiger partial charge in [-0.3, -0.25) is 4.79 Å². The Hall–Kier alpha value is -2.49. The summed E-state index contributed by atoms with van der Waals surface area (Å²) < 4.78 is 5.35. The minimum absolute atomic E-state index is 0. The van der Waals surface area contributed by atoms with Gasteiger partial charge in [0.2, 0.25) is 5.91 Å². The van der Waals surface area contributed by atoms with Crippen LogP contribution in [0.1, 0.15) is 5.56 Å². The Morgan fingerprint density at radius 2 is 1.77 bits per heavy atom. The summed E-state index contributed by atoms with van der Waals surface area (Å²) in [7, 11) is 5.21. The maximum Gasteiger partial charge on any atom is 0.241 e. The summed E-state index contributed by atoms with van der Waals surface area (Å²) in [6.07, 6.45) is 0. The van der Waals surface area contributed by atoms with Gasteiger partial charge in [-0.1, -0.05) is 36.4 Å². The third kappa shape index (κ3) is 7.30. The van der Waals surface area contributed by atoms with Crippen LogP contribution in [0.2, 0.25) is 0 Å². The van der Waals surface area contributed by atoms with Crippen LogP contribution in [0.4, 0.5) is 5.69 Å². The zero-order valence-corrected chi connectivity index (χ0v) is 20.8. The summed E-state index contributed by atoms with van der Waals surface area (Å²) in [6, 6.07) is 18.3. The van der Waals surface area contributed by atoms with Crippen LogP contribution in [0.5, 0.6) is 5.75 Å². The number of carbonyl (C=O) groups is 1. The fraction of sp³-hybridized carbons (Fsp3) is 0.391. The van der Waals surface area contributed by atoms with Crippen LogP contribution in [0.25, 0.3) is 0 Å². The summed E-state index contributed by atoms with van der Waals surface area (Å²) >= 11 is 0. The third-order valence-electron chi connectivity index (χ3n) is 5.15. The number of piperazine rings is 1. The lowest BCUT2D eigenvalue weighted by atomic mass is 10.2. The number of ether oxygens (including phenoxy) is 1. The third-order valence-corrected chi connectivity index (χ3v) is 5.15. The van der Waals surface area contributed by atoms with Gasteiger partial charge < -0.3 is 24.8 Å². The first-order valence-electron chi connectivity index (χ1n) is 10.2. The van der Waals surface area contributed by atoms with Crippen LogP contribution >= 0.6 is 24.0 Å². The average molecular weight is 537 g/mol. The molecule has 0 atom stereocenters. The molecule has 1 N–H and O–H groups in total. The second-order valence-electron chi connectivity index (χ2n) is 7.44. The van der Waals surface area contributed by atoms with Crippen LogP contribution in [-0.2, 0) is 11.3 Å². The summed E-state index contributed by atoms with van der Waals surface area (Å²) in [4.78, 5) is 23.0. The van der Waals surface area contributed by atoms with Crippen molar-refractivity contribution in [2.45, 2.75) is 6.54 Å². The number of rotatable bonds is 6. The topological polar surface area (TPSA) is 60.4 Å². The highest BCUT2D eigenvalue weighted by molar-refractivity contribution is 14.0. The largest absolute Gasteiger partial charge is 0.497 e. The van der Waals surface area contributed by atoms with E-state index in [1.54, 1.807) is 26.1 Å². The molecule has 0 aliphatic carbocycles. The van der Waals surface area contributed by atoms with Crippen molar-refractivity contribution < 1.29 is 9.53 Å². The van der Waals surface area contributed by atoms with Gasteiger partial charge in [0.25, 0.3) is 0 Å². The van der Waals surface area contributed by atoms with E-state index in [4.69, 9.17) is 9.73 Å². The van der Waals surface area contributed by atoms with Crippen molar-refractivity contribution in [2.24, 2.45) is 4.99 Å². The maximum atomic E-state index is 12.1. The van der Waals surface area contributed by atoms with E-state index in [0.717, 1.165) is 49.1 Å². The van der Waals surface area contributed by atoms with Gasteiger partial charge in [0, 0.05) is 52.0 Å². The SMILES string of the molecule is COc1cccc(N2CCN(C(=NCc3ccccc3)NCC(=O)N(C)C)CC2)c1.I. The lowest BCUT2D eigenvalue weighted by Gasteiger charge is -2.38. The molecule has 1 aliphatic heterocycles. The molecule has 8 heteroatoms. The van der Waals surface area contributed by atoms with Crippen molar-refractivity contribution in [2.75, 3.05) is 58.8 Å². The van der Waals surface area contributed by atoms with E-state index >= 15 is 0 Å². The number of hydrogen-bond donors (Lipinski definition) is 1. The van der Waals surface area contributed by atoms with Gasteiger partial charge >= 0.3 is 0 Å². The molecule has 31 heavy (non-hydrogen) atoms. The predicted molar refractivity (Wildman–Crippen MR) is 136 cm³/mol. The highest BCUT2D eigenvalue weighted by atomic mass is 127. The number of likely N-dealkylation sites (N-methyl/N-ethyl adjacent to an activating group) is 1. The van der Waals surface area contributed by atoms with Gasteiger partial charge in [0.05, 0.1) is 20.2 Å². The Kier molecular flexibility index (Phi) is 9.90. The molecular formula is C23H32IN5O2. The molecule has 1 heterocycles. The van der Waals surface area contributed by atoms with Crippen molar-refractivity contribution >= 4 is 41.5 Å². The summed E-state index contributed by atoms with van der Waals surface area (Å²) in [6.45, 7) is 4.22. The molecule has 2 aromatic carbocycles. The minimum Gasteiger partial charge on any atom is -0.497 e. The Morgan fingerprint density at radius 3 is 2.42 bits per heavy atom. The number of guanidine groups is 1. The molecule has 7 nitrogen and oxygen atoms in total. The van der Waals surface area contributed by atoms with Gasteiger partial charge in [-0.2, -0.15) is 0 Å². The molecule has 0 unspecified atom stereocenters. The number of hydrogen-bond acceptors (Lipinski definition) is 4. The Balaban J connectivity index is 0.00000341. The lowest BCUT2D eigenvalue weighted by Crippen LogP contribution is -2.53. The van der Waals surface area contributed by atoms with Gasteiger partial charge in [-0.15, -0.1) is 24.0 Å². The summed E-state index contributed by atoms with van der Waals surface area (Å²) in [5, 5.41) is 3.26. The first-order chi connectivity index (χ1) is 14.6. The van der Waals surface area contributed by atoms with Crippen LogP contribution < -0.4 is 15.0 Å². The normalized spacial score (nSPS) is 14.0. The minimum atomic E-state index is 0. The molecule has 0 aromatic heterocycles.